The van der Waals surface area contributed by atoms with Crippen LogP contribution in [0, 0.1) is 6.92 Å². The van der Waals surface area contributed by atoms with Crippen molar-refractivity contribution >= 4 is 41.1 Å². The van der Waals surface area contributed by atoms with Crippen LogP contribution in [0.1, 0.15) is 37.7 Å². The molecule has 1 aromatic heterocycles. The quantitative estimate of drug-likeness (QED) is 0.434. The third-order valence-electron chi connectivity index (χ3n) is 5.60. The smallest absolute Gasteiger partial charge is 0.303 e. The highest BCUT2D eigenvalue weighted by Crippen LogP contribution is 2.39. The number of hydrogen-bond donors (Lipinski definition) is 3. The SMILES string of the molecule is C=c1nc2c(c(=O)[nH]1)=Nc1cc(C)c(Nc3ccccc3)cc1N2CCCCCCC(=O)O. The number of aromatic nitrogens is 2. The van der Waals surface area contributed by atoms with Gasteiger partial charge in [-0.2, -0.15) is 0 Å². The molecule has 0 bridgehead atoms. The number of benzene rings is 2. The fourth-order valence-electron chi connectivity index (χ4n) is 3.95. The molecular formula is C25H27N5O3. The maximum Gasteiger partial charge on any atom is 0.303 e. The molecule has 0 saturated carbocycles. The van der Waals surface area contributed by atoms with E-state index in [-0.39, 0.29) is 17.3 Å². The van der Waals surface area contributed by atoms with E-state index in [1.807, 2.05) is 54.3 Å². The van der Waals surface area contributed by atoms with Gasteiger partial charge in [0.2, 0.25) is 0 Å². The van der Waals surface area contributed by atoms with Crippen LogP contribution >= 0.6 is 0 Å². The van der Waals surface area contributed by atoms with E-state index < -0.39 is 5.97 Å². The zero-order valence-corrected chi connectivity index (χ0v) is 18.6. The summed E-state index contributed by atoms with van der Waals surface area (Å²) in [5.74, 6) is -0.271. The van der Waals surface area contributed by atoms with E-state index in [4.69, 9.17) is 5.11 Å². The Hall–Kier alpha value is -3.94. The van der Waals surface area contributed by atoms with Gasteiger partial charge in [0.25, 0.3) is 5.56 Å². The normalized spacial score (nSPS) is 12.0. The van der Waals surface area contributed by atoms with Gasteiger partial charge in [-0.25, -0.2) is 9.98 Å². The van der Waals surface area contributed by atoms with Gasteiger partial charge in [0.1, 0.15) is 5.48 Å². The maximum atomic E-state index is 12.6. The Labute approximate surface area is 191 Å². The van der Waals surface area contributed by atoms with Gasteiger partial charge in [0.15, 0.2) is 11.2 Å². The second-order valence-corrected chi connectivity index (χ2v) is 8.15. The summed E-state index contributed by atoms with van der Waals surface area (Å²) in [6, 6.07) is 13.9. The van der Waals surface area contributed by atoms with Gasteiger partial charge < -0.3 is 20.3 Å². The van der Waals surface area contributed by atoms with Crippen molar-refractivity contribution < 1.29 is 9.90 Å². The fraction of sp³-hybridized carbons (Fsp3) is 0.280. The topological polar surface area (TPSA) is 111 Å². The van der Waals surface area contributed by atoms with Crippen molar-refractivity contribution in [3.05, 3.63) is 69.2 Å². The van der Waals surface area contributed by atoms with Crippen LogP contribution in [0.15, 0.2) is 52.3 Å². The Balaban J connectivity index is 1.67. The monoisotopic (exact) mass is 445 g/mol. The summed E-state index contributed by atoms with van der Waals surface area (Å²) in [6.45, 7) is 6.44. The van der Waals surface area contributed by atoms with Crippen molar-refractivity contribution in [2.75, 3.05) is 16.8 Å². The molecule has 0 radical (unpaired) electrons. The standard InChI is InChI=1S/C25H27N5O3/c1-16-14-20-21(15-19(16)28-18-10-6-5-7-11-18)30(13-9-4-3-8-12-22(31)32)24-23(29-20)25(33)27-17(2)26-24/h5-7,10-11,14-15,28H,2-4,8-9,12-13H2,1H3,(H,27,33)(H,31,32). The van der Waals surface area contributed by atoms with E-state index in [0.29, 0.717) is 30.0 Å². The Morgan fingerprint density at radius 1 is 1.15 bits per heavy atom. The lowest BCUT2D eigenvalue weighted by Crippen LogP contribution is -2.42. The minimum Gasteiger partial charge on any atom is -0.481 e. The number of unbranched alkanes of at least 4 members (excludes halogenated alkanes) is 3. The van der Waals surface area contributed by atoms with Crippen LogP contribution in [0.4, 0.5) is 28.6 Å². The Kier molecular flexibility index (Phi) is 6.53. The second kappa shape index (κ2) is 9.68. The highest BCUT2D eigenvalue weighted by Gasteiger charge is 2.23. The van der Waals surface area contributed by atoms with Crippen molar-refractivity contribution in [2.45, 2.75) is 39.0 Å². The number of carboxylic acid groups (broad SMARTS) is 1. The zero-order chi connectivity index (χ0) is 23.4. The lowest BCUT2D eigenvalue weighted by atomic mass is 10.1. The summed E-state index contributed by atoms with van der Waals surface area (Å²) in [4.78, 5) is 37.1. The number of H-pyrrole nitrogens is 1. The number of para-hydroxylation sites is 1. The Morgan fingerprint density at radius 3 is 2.67 bits per heavy atom. The maximum absolute atomic E-state index is 12.6. The van der Waals surface area contributed by atoms with Gasteiger partial charge in [-0.1, -0.05) is 37.6 Å². The van der Waals surface area contributed by atoms with Crippen LogP contribution < -0.4 is 26.6 Å². The molecule has 33 heavy (non-hydrogen) atoms. The fourth-order valence-corrected chi connectivity index (χ4v) is 3.95. The zero-order valence-electron chi connectivity index (χ0n) is 18.6. The van der Waals surface area contributed by atoms with Gasteiger partial charge in [0, 0.05) is 24.3 Å². The first-order valence-corrected chi connectivity index (χ1v) is 11.1. The molecule has 0 fully saturated rings. The van der Waals surface area contributed by atoms with Crippen molar-refractivity contribution in [3.8, 4) is 0 Å². The number of carboxylic acids is 1. The summed E-state index contributed by atoms with van der Waals surface area (Å²) >= 11 is 0. The molecule has 2 heterocycles. The van der Waals surface area contributed by atoms with Crippen LogP contribution in [0.5, 0.6) is 0 Å². The van der Waals surface area contributed by atoms with Gasteiger partial charge in [-0.05, 0) is 49.6 Å². The van der Waals surface area contributed by atoms with Gasteiger partial charge >= 0.3 is 5.97 Å². The lowest BCUT2D eigenvalue weighted by molar-refractivity contribution is -0.137. The minimum atomic E-state index is -0.768. The number of fused-ring (bicyclic) bond motifs is 2. The molecule has 8 heteroatoms. The number of aromatic amines is 1. The van der Waals surface area contributed by atoms with E-state index in [1.165, 1.54) is 0 Å². The van der Waals surface area contributed by atoms with E-state index in [2.05, 4.69) is 26.9 Å². The van der Waals surface area contributed by atoms with Crippen molar-refractivity contribution in [1.29, 1.82) is 0 Å². The van der Waals surface area contributed by atoms with Crippen LogP contribution in [0.2, 0.25) is 0 Å². The number of nitrogens with one attached hydrogen (secondary N) is 2. The molecular weight excluding hydrogens is 418 g/mol. The molecule has 4 rings (SSSR count). The molecule has 1 aliphatic heterocycles. The van der Waals surface area contributed by atoms with Crippen LogP contribution in [-0.4, -0.2) is 27.6 Å². The van der Waals surface area contributed by atoms with Crippen molar-refractivity contribution in [3.63, 3.8) is 0 Å². The average Bonchev–Trinajstić information content (AvgIpc) is 2.77. The summed E-state index contributed by atoms with van der Waals surface area (Å²) in [5.41, 5.74) is 4.50. The number of hydrogen-bond acceptors (Lipinski definition) is 6. The van der Waals surface area contributed by atoms with Crippen molar-refractivity contribution in [2.24, 2.45) is 4.99 Å². The Morgan fingerprint density at radius 2 is 1.91 bits per heavy atom. The van der Waals surface area contributed by atoms with E-state index in [0.717, 1.165) is 41.9 Å². The molecule has 170 valence electrons. The third-order valence-corrected chi connectivity index (χ3v) is 5.60. The van der Waals surface area contributed by atoms with Crippen molar-refractivity contribution in [1.82, 2.24) is 9.97 Å². The molecule has 3 aromatic rings. The number of aryl methyl sites for hydroxylation is 1. The molecule has 0 aliphatic carbocycles. The molecule has 0 amide bonds. The first-order chi connectivity index (χ1) is 15.9. The summed E-state index contributed by atoms with van der Waals surface area (Å²) in [7, 11) is 0. The lowest BCUT2D eigenvalue weighted by Gasteiger charge is -2.29. The van der Waals surface area contributed by atoms with E-state index >= 15 is 0 Å². The Bertz CT molecular complexity index is 1330. The first kappa shape index (κ1) is 22.3. The molecule has 1 aliphatic rings. The molecule has 0 spiro atoms. The number of carbonyl (C=O) groups is 1. The van der Waals surface area contributed by atoms with E-state index in [1.54, 1.807) is 0 Å². The summed E-state index contributed by atoms with van der Waals surface area (Å²) in [5, 5.41) is 12.6. The predicted molar refractivity (Wildman–Crippen MR) is 129 cm³/mol. The molecule has 0 saturated heterocycles. The van der Waals surface area contributed by atoms with E-state index in [9.17, 15) is 9.59 Å². The average molecular weight is 446 g/mol. The molecule has 8 nitrogen and oxygen atoms in total. The van der Waals surface area contributed by atoms with Gasteiger partial charge in [-0.15, -0.1) is 0 Å². The van der Waals surface area contributed by atoms with Crippen LogP contribution in [0.25, 0.3) is 6.58 Å². The minimum absolute atomic E-state index is 0.184. The van der Waals surface area contributed by atoms with Gasteiger partial charge in [-0.3, -0.25) is 9.59 Å². The van der Waals surface area contributed by atoms with Gasteiger partial charge in [0.05, 0.1) is 11.4 Å². The van der Waals surface area contributed by atoms with Crippen LogP contribution in [0.3, 0.4) is 0 Å². The number of rotatable bonds is 9. The largest absolute Gasteiger partial charge is 0.481 e. The highest BCUT2D eigenvalue weighted by atomic mass is 16.4. The molecule has 0 atom stereocenters. The summed E-state index contributed by atoms with van der Waals surface area (Å²) < 4.78 is 0. The molecule has 0 unspecified atom stereocenters. The number of anilines is 4. The van der Waals surface area contributed by atoms with Crippen LogP contribution in [-0.2, 0) is 4.79 Å². The number of nitrogens with zero attached hydrogens (tertiary/aromatic N) is 3. The number of aliphatic carboxylic acids is 1. The summed E-state index contributed by atoms with van der Waals surface area (Å²) in [6.07, 6.45) is 3.39. The molecule has 2 aromatic carbocycles. The first-order valence-electron chi connectivity index (χ1n) is 11.1. The third kappa shape index (κ3) is 5.11. The second-order valence-electron chi connectivity index (χ2n) is 8.15. The molecule has 3 N–H and O–H groups in total. The predicted octanol–water partition coefficient (Wildman–Crippen LogP) is 3.67. The highest BCUT2D eigenvalue weighted by molar-refractivity contribution is 5.82.